The summed E-state index contributed by atoms with van der Waals surface area (Å²) in [6.45, 7) is 4.06. The Hall–Kier alpha value is -3.52. The predicted molar refractivity (Wildman–Crippen MR) is 162 cm³/mol. The zero-order chi connectivity index (χ0) is 27.0. The number of carbonyl (C=O) groups excluding carboxylic acids is 1. The van der Waals surface area contributed by atoms with Crippen LogP contribution in [0.4, 0.5) is 5.82 Å². The van der Waals surface area contributed by atoms with Gasteiger partial charge in [-0.05, 0) is 47.5 Å². The van der Waals surface area contributed by atoms with E-state index in [4.69, 9.17) is 0 Å². The lowest BCUT2D eigenvalue weighted by Crippen LogP contribution is -2.47. The normalized spacial score (nSPS) is 19.8. The number of hydrogen-bond acceptors (Lipinski definition) is 3. The molecule has 3 heterocycles. The van der Waals surface area contributed by atoms with Gasteiger partial charge in [-0.1, -0.05) is 70.5 Å². The van der Waals surface area contributed by atoms with Crippen LogP contribution in [0.1, 0.15) is 11.1 Å². The number of imidazole rings is 1. The second-order valence-electron chi connectivity index (χ2n) is 10.7. The first-order valence-corrected chi connectivity index (χ1v) is 14.2. The van der Waals surface area contributed by atoms with Crippen LogP contribution in [0.3, 0.4) is 0 Å². The summed E-state index contributed by atoms with van der Waals surface area (Å²) >= 11 is 3.52. The number of amides is 1. The Morgan fingerprint density at radius 1 is 0.949 bits per heavy atom. The van der Waals surface area contributed by atoms with Crippen molar-refractivity contribution < 1.29 is 4.79 Å². The molecule has 1 unspecified atom stereocenters. The summed E-state index contributed by atoms with van der Waals surface area (Å²) < 4.78 is 3.67. The van der Waals surface area contributed by atoms with Gasteiger partial charge in [0.1, 0.15) is 24.2 Å². The summed E-state index contributed by atoms with van der Waals surface area (Å²) in [5, 5.41) is 2.32. The van der Waals surface area contributed by atoms with Gasteiger partial charge in [-0.3, -0.25) is 9.36 Å². The number of hydrogen-bond donors (Lipinski definition) is 0. The van der Waals surface area contributed by atoms with E-state index >= 15 is 0 Å². The van der Waals surface area contributed by atoms with E-state index in [9.17, 15) is 4.79 Å². The smallest absolute Gasteiger partial charge is 0.260 e. The van der Waals surface area contributed by atoms with Crippen molar-refractivity contribution in [3.63, 3.8) is 0 Å². The number of halogens is 1. The molecule has 6 nitrogen and oxygen atoms in total. The Morgan fingerprint density at radius 2 is 1.69 bits per heavy atom. The monoisotopic (exact) mass is 582 g/mol. The maximum absolute atomic E-state index is 14.1. The highest BCUT2D eigenvalue weighted by Crippen LogP contribution is 2.40. The maximum Gasteiger partial charge on any atom is 0.260 e. The molecule has 1 amide bonds. The second kappa shape index (κ2) is 10.6. The summed E-state index contributed by atoms with van der Waals surface area (Å²) in [4.78, 5) is 22.9. The molecule has 0 N–H and O–H groups in total. The van der Waals surface area contributed by atoms with E-state index < -0.39 is 0 Å². The van der Waals surface area contributed by atoms with Crippen molar-refractivity contribution >= 4 is 44.0 Å². The number of piperazine rings is 1. The summed E-state index contributed by atoms with van der Waals surface area (Å²) in [6, 6.07) is 23.2. The van der Waals surface area contributed by atoms with E-state index in [1.54, 1.807) is 0 Å². The molecule has 0 radical (unpaired) electrons. The number of aryl methyl sites for hydroxylation is 2. The molecule has 1 fully saturated rings. The molecule has 39 heavy (non-hydrogen) atoms. The van der Waals surface area contributed by atoms with Gasteiger partial charge in [0.15, 0.2) is 0 Å². The number of likely N-dealkylation sites (N-methyl/N-ethyl adjacent to an activating group) is 1. The Kier molecular flexibility index (Phi) is 6.97. The molecule has 4 aromatic rings. The lowest BCUT2D eigenvalue weighted by molar-refractivity contribution is -0.128. The zero-order valence-corrected chi connectivity index (χ0v) is 24.0. The summed E-state index contributed by atoms with van der Waals surface area (Å²) in [7, 11) is 4.25. The molecule has 0 saturated carbocycles. The van der Waals surface area contributed by atoms with Crippen LogP contribution in [0.25, 0.3) is 16.3 Å². The molecule has 6 rings (SSSR count). The summed E-state index contributed by atoms with van der Waals surface area (Å²) in [6.07, 6.45) is 9.06. The third-order valence-electron chi connectivity index (χ3n) is 7.92. The molecule has 1 saturated heterocycles. The van der Waals surface area contributed by atoms with E-state index in [1.165, 1.54) is 10.9 Å². The number of aromatic nitrogens is 2. The van der Waals surface area contributed by atoms with Gasteiger partial charge in [-0.25, -0.2) is 9.47 Å². The van der Waals surface area contributed by atoms with Gasteiger partial charge in [0.25, 0.3) is 5.91 Å². The van der Waals surface area contributed by atoms with Crippen molar-refractivity contribution in [1.29, 1.82) is 0 Å². The minimum Gasteiger partial charge on any atom is -0.336 e. The molecule has 7 heteroatoms. The van der Waals surface area contributed by atoms with Gasteiger partial charge < -0.3 is 9.80 Å². The fourth-order valence-corrected chi connectivity index (χ4v) is 5.92. The molecule has 2 aliphatic rings. The number of carbonyl (C=O) groups is 1. The first-order valence-electron chi connectivity index (χ1n) is 13.4. The molecule has 1 aromatic heterocycles. The fourth-order valence-electron chi connectivity index (χ4n) is 5.66. The van der Waals surface area contributed by atoms with E-state index in [1.807, 2.05) is 17.4 Å². The van der Waals surface area contributed by atoms with E-state index in [0.717, 1.165) is 71.5 Å². The largest absolute Gasteiger partial charge is 0.336 e. The van der Waals surface area contributed by atoms with Gasteiger partial charge in [-0.15, -0.1) is 0 Å². The molecule has 2 aliphatic heterocycles. The lowest BCUT2D eigenvalue weighted by Gasteiger charge is -2.32. The van der Waals surface area contributed by atoms with E-state index in [-0.39, 0.29) is 5.91 Å². The van der Waals surface area contributed by atoms with Crippen LogP contribution < -0.4 is 4.48 Å². The van der Waals surface area contributed by atoms with E-state index in [2.05, 4.69) is 124 Å². The van der Waals surface area contributed by atoms with Crippen LogP contribution in [0.15, 0.2) is 102 Å². The highest BCUT2D eigenvalue weighted by molar-refractivity contribution is 9.10. The number of fused-ring (bicyclic) bond motifs is 1. The van der Waals surface area contributed by atoms with Crippen LogP contribution in [-0.2, 0) is 17.8 Å². The quantitative estimate of drug-likeness (QED) is 0.274. The molecule has 0 bridgehead atoms. The SMILES string of the molecule is CN1CCN(C(=O)C2=C[N+](C)(c3cncn3CCc3ccc(Br)cc3)C=C2c2cccc3ccccc23)CC1. The minimum atomic E-state index is 0.102. The van der Waals surface area contributed by atoms with Crippen molar-refractivity contribution in [2.75, 3.05) is 40.3 Å². The second-order valence-corrected chi connectivity index (χ2v) is 11.6. The molecular weight excluding hydrogens is 550 g/mol. The predicted octanol–water partition coefficient (Wildman–Crippen LogP) is 5.69. The Morgan fingerprint density at radius 3 is 2.49 bits per heavy atom. The van der Waals surface area contributed by atoms with E-state index in [0.29, 0.717) is 4.48 Å². The number of quaternary nitrogens is 1. The summed E-state index contributed by atoms with van der Waals surface area (Å²) in [5.41, 5.74) is 4.11. The number of nitrogens with zero attached hydrogens (tertiary/aromatic N) is 5. The van der Waals surface area contributed by atoms with Gasteiger partial charge >= 0.3 is 0 Å². The summed E-state index contributed by atoms with van der Waals surface area (Å²) in [5.74, 6) is 1.14. The third kappa shape index (κ3) is 5.10. The standard InChI is InChI=1S/C32H33BrN5O/c1-35-16-18-36(19-17-35)32(39)30-22-38(2,21-29(30)28-9-5-7-25-6-3-4-8-27(25)28)31-20-34-23-37(31)15-14-24-10-12-26(33)13-11-24/h3-13,20-23H,14-19H2,1-2H3/q+1. The first-order chi connectivity index (χ1) is 18.9. The topological polar surface area (TPSA) is 41.4 Å². The maximum atomic E-state index is 14.1. The molecule has 1 atom stereocenters. The van der Waals surface area contributed by atoms with Gasteiger partial charge in [-0.2, -0.15) is 0 Å². The molecule has 3 aromatic carbocycles. The number of benzene rings is 3. The lowest BCUT2D eigenvalue weighted by atomic mass is 9.94. The molecule has 0 aliphatic carbocycles. The van der Waals surface area contributed by atoms with Crippen molar-refractivity contribution in [3.05, 3.63) is 113 Å². The van der Waals surface area contributed by atoms with Gasteiger partial charge in [0, 0.05) is 37.2 Å². The van der Waals surface area contributed by atoms with Crippen LogP contribution in [0.5, 0.6) is 0 Å². The zero-order valence-electron chi connectivity index (χ0n) is 22.4. The van der Waals surface area contributed by atoms with Crippen molar-refractivity contribution in [2.24, 2.45) is 0 Å². The average Bonchev–Trinajstić information content (AvgIpc) is 3.58. The van der Waals surface area contributed by atoms with Crippen LogP contribution in [0.2, 0.25) is 0 Å². The highest BCUT2D eigenvalue weighted by atomic mass is 79.9. The minimum absolute atomic E-state index is 0.102. The Balaban J connectivity index is 1.40. The van der Waals surface area contributed by atoms with Crippen LogP contribution >= 0.6 is 15.9 Å². The van der Waals surface area contributed by atoms with Crippen molar-refractivity contribution in [3.8, 4) is 0 Å². The fraction of sp³-hybridized carbons (Fsp3) is 0.250. The Labute approximate surface area is 238 Å². The molecular formula is C32H33BrN5O+. The van der Waals surface area contributed by atoms with Gasteiger partial charge in [0.05, 0.1) is 18.9 Å². The van der Waals surface area contributed by atoms with Crippen molar-refractivity contribution in [1.82, 2.24) is 23.8 Å². The van der Waals surface area contributed by atoms with Crippen molar-refractivity contribution in [2.45, 2.75) is 13.0 Å². The first kappa shape index (κ1) is 25.7. The number of rotatable bonds is 6. The molecule has 198 valence electrons. The highest BCUT2D eigenvalue weighted by Gasteiger charge is 2.39. The average molecular weight is 584 g/mol. The Bertz CT molecular complexity index is 1570. The van der Waals surface area contributed by atoms with Crippen LogP contribution in [0, 0.1) is 0 Å². The van der Waals surface area contributed by atoms with Gasteiger partial charge in [0.2, 0.25) is 5.82 Å². The van der Waals surface area contributed by atoms with Crippen LogP contribution in [-0.4, -0.2) is 65.5 Å². The molecule has 0 spiro atoms. The third-order valence-corrected chi connectivity index (χ3v) is 8.45.